The van der Waals surface area contributed by atoms with E-state index in [0.717, 1.165) is 27.2 Å². The maximum Gasteiger partial charge on any atom is 0.169 e. The van der Waals surface area contributed by atoms with Crippen LogP contribution >= 0.6 is 11.3 Å². The number of hydrogen-bond acceptors (Lipinski definition) is 8. The number of nitrogens with one attached hydrogen (secondary N) is 1. The molecule has 174 valence electrons. The van der Waals surface area contributed by atoms with E-state index in [4.69, 9.17) is 10.5 Å². The molecule has 4 atom stereocenters. The number of benzene rings is 1. The molecule has 0 aliphatic carbocycles. The summed E-state index contributed by atoms with van der Waals surface area (Å²) < 4.78 is 23.3. The minimum Gasteiger partial charge on any atom is -0.369 e. The topological polar surface area (TPSA) is 116 Å². The summed E-state index contributed by atoms with van der Waals surface area (Å²) in [4.78, 5) is 4.66. The number of rotatable bonds is 5. The third kappa shape index (κ3) is 4.12. The van der Waals surface area contributed by atoms with Crippen molar-refractivity contribution in [2.45, 2.75) is 37.4 Å². The second-order valence-electron chi connectivity index (χ2n) is 8.28. The molecule has 9 nitrogen and oxygen atoms in total. The molecule has 0 radical (unpaired) electrons. The third-order valence-corrected chi connectivity index (χ3v) is 6.98. The van der Waals surface area contributed by atoms with Gasteiger partial charge in [0.15, 0.2) is 6.23 Å². The maximum absolute atomic E-state index is 14.0. The van der Waals surface area contributed by atoms with Gasteiger partial charge in [0.05, 0.1) is 35.9 Å². The number of ether oxygens (including phenoxy) is 1. The molecular formula is C22H26FN7O2S. The summed E-state index contributed by atoms with van der Waals surface area (Å²) in [5, 5.41) is 26.2. The lowest BCUT2D eigenvalue weighted by molar-refractivity contribution is 0.0246. The number of hydrogen-bond donors (Lipinski definition) is 3. The normalized spacial score (nSPS) is 22.4. The van der Waals surface area contributed by atoms with Crippen molar-refractivity contribution in [3.8, 4) is 10.6 Å². The number of aryl methyl sites for hydroxylation is 2. The van der Waals surface area contributed by atoms with Gasteiger partial charge in [-0.15, -0.1) is 11.3 Å². The van der Waals surface area contributed by atoms with Crippen molar-refractivity contribution in [2.75, 3.05) is 11.9 Å². The first-order valence-electron chi connectivity index (χ1n) is 10.8. The van der Waals surface area contributed by atoms with Gasteiger partial charge in [0.2, 0.25) is 0 Å². The summed E-state index contributed by atoms with van der Waals surface area (Å²) >= 11 is 1.46. The largest absolute Gasteiger partial charge is 0.369 e. The van der Waals surface area contributed by atoms with Gasteiger partial charge in [-0.05, 0) is 18.9 Å². The Bertz CT molecular complexity index is 1260. The number of nitrogens with zero attached hydrogens (tertiary/aromatic N) is 5. The Kier molecular flexibility index (Phi) is 5.87. The van der Waals surface area contributed by atoms with E-state index in [1.807, 2.05) is 41.5 Å². The van der Waals surface area contributed by atoms with Crippen LogP contribution in [0.1, 0.15) is 36.6 Å². The second kappa shape index (κ2) is 8.82. The summed E-state index contributed by atoms with van der Waals surface area (Å²) in [6, 6.07) is 5.44. The highest BCUT2D eigenvalue weighted by Crippen LogP contribution is 2.35. The molecule has 33 heavy (non-hydrogen) atoms. The number of thiazole rings is 1. The molecule has 0 spiro atoms. The quantitative estimate of drug-likeness (QED) is 0.383. The lowest BCUT2D eigenvalue weighted by Crippen LogP contribution is -2.32. The Morgan fingerprint density at radius 1 is 1.24 bits per heavy atom. The van der Waals surface area contributed by atoms with E-state index in [0.29, 0.717) is 24.2 Å². The highest BCUT2D eigenvalue weighted by Gasteiger charge is 2.30. The molecule has 5 rings (SSSR count). The van der Waals surface area contributed by atoms with Crippen LogP contribution in [-0.4, -0.2) is 48.5 Å². The van der Waals surface area contributed by atoms with Crippen LogP contribution in [0.15, 0.2) is 36.0 Å². The molecule has 1 aliphatic heterocycles. The molecule has 1 aliphatic rings. The van der Waals surface area contributed by atoms with Gasteiger partial charge in [-0.1, -0.05) is 12.1 Å². The molecule has 4 N–H and O–H groups in total. The summed E-state index contributed by atoms with van der Waals surface area (Å²) in [5.41, 5.74) is 9.71. The number of alkyl halides is 1. The van der Waals surface area contributed by atoms with Gasteiger partial charge < -0.3 is 20.9 Å². The smallest absolute Gasteiger partial charge is 0.169 e. The van der Waals surface area contributed by atoms with Crippen molar-refractivity contribution in [3.63, 3.8) is 0 Å². The van der Waals surface area contributed by atoms with Gasteiger partial charge in [0.1, 0.15) is 23.0 Å². The first-order chi connectivity index (χ1) is 15.9. The molecule has 1 saturated heterocycles. The van der Waals surface area contributed by atoms with Crippen molar-refractivity contribution in [1.29, 1.82) is 0 Å². The van der Waals surface area contributed by atoms with Crippen LogP contribution in [0.2, 0.25) is 0 Å². The molecule has 1 aromatic carbocycles. The van der Waals surface area contributed by atoms with E-state index in [9.17, 15) is 9.50 Å². The Morgan fingerprint density at radius 3 is 2.91 bits per heavy atom. The number of aliphatic hydroxyl groups excluding tert-OH is 1. The summed E-state index contributed by atoms with van der Waals surface area (Å²) in [6.07, 6.45) is 1.92. The maximum atomic E-state index is 14.0. The molecule has 11 heteroatoms. The van der Waals surface area contributed by atoms with Crippen LogP contribution in [0.3, 0.4) is 0 Å². The average Bonchev–Trinajstić information content (AvgIpc) is 3.51. The Labute approximate surface area is 194 Å². The van der Waals surface area contributed by atoms with Crippen LogP contribution in [0.25, 0.3) is 21.5 Å². The molecular weight excluding hydrogens is 445 g/mol. The fourth-order valence-electron chi connectivity index (χ4n) is 4.22. The van der Waals surface area contributed by atoms with Crippen LogP contribution < -0.4 is 11.1 Å². The number of nitrogens with two attached hydrogens (primary N) is 1. The van der Waals surface area contributed by atoms with E-state index in [1.165, 1.54) is 11.3 Å². The SMILES string of the molecule is Cn1ncc(NC(O)c2csc(-c3cccc4c3cnn4C)n2)c1[C@@H]1CC[C@@H](N)[C@H](F)CO1. The predicted molar refractivity (Wildman–Crippen MR) is 124 cm³/mol. The number of aliphatic hydroxyl groups is 1. The molecule has 0 saturated carbocycles. The number of aromatic nitrogens is 5. The second-order valence-corrected chi connectivity index (χ2v) is 9.14. The third-order valence-electron chi connectivity index (χ3n) is 6.09. The molecule has 4 aromatic rings. The Morgan fingerprint density at radius 2 is 2.06 bits per heavy atom. The zero-order valence-electron chi connectivity index (χ0n) is 18.3. The van der Waals surface area contributed by atoms with Gasteiger partial charge in [-0.3, -0.25) is 9.36 Å². The molecule has 3 aromatic heterocycles. The standard InChI is InChI=1S/C22H26FN7O2S/c1-29-18-5-3-4-12(13(18)8-25-29)22-28-17(11-33-22)21(31)27-16-9-26-30(2)20(16)19-7-6-15(24)14(23)10-32-19/h3-5,8-9,11,14-15,19,21,27,31H,6-7,10,24H2,1-2H3/t14-,15-,19+,21?/m1/s1. The summed E-state index contributed by atoms with van der Waals surface area (Å²) in [7, 11) is 3.70. The van der Waals surface area contributed by atoms with Crippen LogP contribution in [0.5, 0.6) is 0 Å². The first-order valence-corrected chi connectivity index (χ1v) is 11.6. The van der Waals surface area contributed by atoms with Crippen molar-refractivity contribution < 1.29 is 14.2 Å². The van der Waals surface area contributed by atoms with Crippen molar-refractivity contribution in [2.24, 2.45) is 19.8 Å². The van der Waals surface area contributed by atoms with Crippen LogP contribution in [0.4, 0.5) is 10.1 Å². The van der Waals surface area contributed by atoms with Crippen molar-refractivity contribution in [3.05, 3.63) is 47.4 Å². The van der Waals surface area contributed by atoms with E-state index < -0.39 is 18.4 Å². The minimum atomic E-state index is -1.19. The summed E-state index contributed by atoms with van der Waals surface area (Å²) in [6.45, 7) is -0.0612. The van der Waals surface area contributed by atoms with Crippen LogP contribution in [-0.2, 0) is 18.8 Å². The van der Waals surface area contributed by atoms with Gasteiger partial charge in [-0.2, -0.15) is 10.2 Å². The molecule has 1 fully saturated rings. The van der Waals surface area contributed by atoms with Crippen LogP contribution in [0, 0.1) is 0 Å². The fourth-order valence-corrected chi connectivity index (χ4v) is 5.09. The van der Waals surface area contributed by atoms with Gasteiger partial charge in [0, 0.05) is 36.5 Å². The first kappa shape index (κ1) is 22.0. The van der Waals surface area contributed by atoms with Gasteiger partial charge in [0.25, 0.3) is 0 Å². The van der Waals surface area contributed by atoms with Crippen molar-refractivity contribution in [1.82, 2.24) is 24.5 Å². The zero-order valence-corrected chi connectivity index (χ0v) is 19.2. The lowest BCUT2D eigenvalue weighted by Gasteiger charge is -2.19. The number of anilines is 1. The van der Waals surface area contributed by atoms with E-state index >= 15 is 0 Å². The minimum absolute atomic E-state index is 0.0612. The highest BCUT2D eigenvalue weighted by atomic mass is 32.1. The molecule has 0 amide bonds. The van der Waals surface area contributed by atoms with Gasteiger partial charge in [-0.25, -0.2) is 9.37 Å². The monoisotopic (exact) mass is 471 g/mol. The summed E-state index contributed by atoms with van der Waals surface area (Å²) in [5.74, 6) is 0. The van der Waals surface area contributed by atoms with E-state index in [1.54, 1.807) is 17.9 Å². The average molecular weight is 472 g/mol. The number of fused-ring (bicyclic) bond motifs is 1. The number of halogens is 1. The van der Waals surface area contributed by atoms with Crippen molar-refractivity contribution >= 4 is 27.9 Å². The predicted octanol–water partition coefficient (Wildman–Crippen LogP) is 3.05. The highest BCUT2D eigenvalue weighted by molar-refractivity contribution is 7.13. The molecule has 1 unspecified atom stereocenters. The van der Waals surface area contributed by atoms with E-state index in [-0.39, 0.29) is 12.7 Å². The Hall–Kier alpha value is -2.86. The van der Waals surface area contributed by atoms with E-state index in [2.05, 4.69) is 20.5 Å². The Balaban J connectivity index is 1.37. The lowest BCUT2D eigenvalue weighted by atomic mass is 10.0. The zero-order chi connectivity index (χ0) is 23.1. The molecule has 4 heterocycles. The fraction of sp³-hybridized carbons (Fsp3) is 0.409. The van der Waals surface area contributed by atoms with Gasteiger partial charge >= 0.3 is 0 Å². The molecule has 0 bridgehead atoms.